The van der Waals surface area contributed by atoms with E-state index in [1.165, 1.54) is 6.42 Å². The van der Waals surface area contributed by atoms with E-state index in [1.54, 1.807) is 12.1 Å². The van der Waals surface area contributed by atoms with Crippen LogP contribution in [0.2, 0.25) is 0 Å². The number of ether oxygens (including phenoxy) is 1. The van der Waals surface area contributed by atoms with Crippen molar-refractivity contribution in [2.75, 3.05) is 19.7 Å². The van der Waals surface area contributed by atoms with Crippen LogP contribution in [0.15, 0.2) is 24.3 Å². The minimum Gasteiger partial charge on any atom is -0.367 e. The van der Waals surface area contributed by atoms with Crippen LogP contribution in [-0.2, 0) is 22.7 Å². The molecule has 3 rings (SSSR count). The number of amides is 1. The number of carbonyl (C=O) groups excluding carboxylic acids is 1. The maximum absolute atomic E-state index is 12.8. The number of fused-ring (bicyclic) bond motifs is 1. The van der Waals surface area contributed by atoms with E-state index in [4.69, 9.17) is 0 Å². The second-order valence-electron chi connectivity index (χ2n) is 7.34. The molecule has 26 heavy (non-hydrogen) atoms. The van der Waals surface area contributed by atoms with Crippen molar-refractivity contribution in [3.8, 4) is 0 Å². The zero-order valence-electron chi connectivity index (χ0n) is 14.7. The zero-order valence-corrected chi connectivity index (χ0v) is 14.7. The fourth-order valence-electron chi connectivity index (χ4n) is 4.09. The highest BCUT2D eigenvalue weighted by Gasteiger charge is 2.49. The number of halogens is 3. The smallest absolute Gasteiger partial charge is 0.367 e. The first-order valence-corrected chi connectivity index (χ1v) is 9.10. The number of rotatable bonds is 6. The Labute approximate surface area is 151 Å². The lowest BCUT2D eigenvalue weighted by Crippen LogP contribution is -2.47. The summed E-state index contributed by atoms with van der Waals surface area (Å²) in [5.41, 5.74) is 1.33. The molecule has 1 aromatic rings. The van der Waals surface area contributed by atoms with E-state index in [0.717, 1.165) is 37.9 Å². The van der Waals surface area contributed by atoms with Gasteiger partial charge in [0.15, 0.2) is 0 Å². The second-order valence-corrected chi connectivity index (χ2v) is 7.34. The minimum atomic E-state index is -4.31. The average Bonchev–Trinajstić information content (AvgIpc) is 3.05. The van der Waals surface area contributed by atoms with Crippen LogP contribution in [0.1, 0.15) is 36.8 Å². The number of benzene rings is 1. The molecule has 0 bridgehead atoms. The van der Waals surface area contributed by atoms with Gasteiger partial charge in [-0.25, -0.2) is 0 Å². The van der Waals surface area contributed by atoms with E-state index in [0.29, 0.717) is 18.0 Å². The maximum Gasteiger partial charge on any atom is 0.411 e. The van der Waals surface area contributed by atoms with Crippen LogP contribution < -0.4 is 10.6 Å². The summed E-state index contributed by atoms with van der Waals surface area (Å²) in [5, 5.41) is 6.42. The van der Waals surface area contributed by atoms with Crippen molar-refractivity contribution in [2.24, 2.45) is 11.3 Å². The van der Waals surface area contributed by atoms with Crippen molar-refractivity contribution >= 4 is 5.91 Å². The van der Waals surface area contributed by atoms with Crippen molar-refractivity contribution in [3.05, 3.63) is 35.4 Å². The van der Waals surface area contributed by atoms with Crippen molar-refractivity contribution < 1.29 is 22.7 Å². The first-order valence-electron chi connectivity index (χ1n) is 9.10. The summed E-state index contributed by atoms with van der Waals surface area (Å²) in [6.45, 7) is 0.765. The number of hydrogen-bond acceptors (Lipinski definition) is 3. The van der Waals surface area contributed by atoms with Crippen molar-refractivity contribution in [1.29, 1.82) is 0 Å². The Bertz CT molecular complexity index is 618. The summed E-state index contributed by atoms with van der Waals surface area (Å²) >= 11 is 0. The highest BCUT2D eigenvalue weighted by molar-refractivity contribution is 5.83. The highest BCUT2D eigenvalue weighted by atomic mass is 19.4. The standard InChI is InChI=1S/C19H25F3N2O2/c20-19(21,22)13-26-11-15-6-4-14(5-7-15)9-24-17(25)18-8-2-1-3-16(18)10-23-12-18/h4-7,16,23H,1-3,8-13H2,(H,24,25)/t16-,18+/m0/s1. The average molecular weight is 370 g/mol. The van der Waals surface area contributed by atoms with E-state index < -0.39 is 12.8 Å². The molecule has 1 aliphatic heterocycles. The van der Waals surface area contributed by atoms with E-state index in [1.807, 2.05) is 12.1 Å². The fourth-order valence-corrected chi connectivity index (χ4v) is 4.09. The number of hydrogen-bond donors (Lipinski definition) is 2. The molecule has 2 N–H and O–H groups in total. The topological polar surface area (TPSA) is 50.4 Å². The summed E-state index contributed by atoms with van der Waals surface area (Å²) in [6, 6.07) is 7.10. The summed E-state index contributed by atoms with van der Waals surface area (Å²) in [7, 11) is 0. The van der Waals surface area contributed by atoms with Gasteiger partial charge in [-0.2, -0.15) is 13.2 Å². The zero-order chi connectivity index (χ0) is 18.6. The Morgan fingerprint density at radius 1 is 1.23 bits per heavy atom. The Morgan fingerprint density at radius 3 is 2.69 bits per heavy atom. The molecule has 0 unspecified atom stereocenters. The molecule has 0 radical (unpaired) electrons. The van der Waals surface area contributed by atoms with Gasteiger partial charge in [0.2, 0.25) is 5.91 Å². The lowest BCUT2D eigenvalue weighted by molar-refractivity contribution is -0.176. The van der Waals surface area contributed by atoms with Gasteiger partial charge in [0.1, 0.15) is 6.61 Å². The minimum absolute atomic E-state index is 0.0807. The second kappa shape index (κ2) is 7.96. The fraction of sp³-hybridized carbons (Fsp3) is 0.632. The molecule has 1 aliphatic carbocycles. The van der Waals surface area contributed by atoms with Crippen molar-refractivity contribution in [2.45, 2.75) is 45.0 Å². The first-order chi connectivity index (χ1) is 12.4. The molecule has 1 saturated heterocycles. The first kappa shape index (κ1) is 19.2. The Kier molecular flexibility index (Phi) is 5.87. The van der Waals surface area contributed by atoms with Crippen molar-refractivity contribution in [3.63, 3.8) is 0 Å². The quantitative estimate of drug-likeness (QED) is 0.809. The lowest BCUT2D eigenvalue weighted by atomic mass is 9.67. The third kappa shape index (κ3) is 4.57. The van der Waals surface area contributed by atoms with Crippen LogP contribution in [0.5, 0.6) is 0 Å². The predicted molar refractivity (Wildman–Crippen MR) is 91.3 cm³/mol. The molecule has 0 spiro atoms. The number of carbonyl (C=O) groups is 1. The van der Waals surface area contributed by atoms with Gasteiger partial charge in [0, 0.05) is 13.1 Å². The third-order valence-electron chi connectivity index (χ3n) is 5.50. The molecule has 4 nitrogen and oxygen atoms in total. The molecule has 1 aromatic carbocycles. The van der Waals surface area contributed by atoms with Gasteiger partial charge in [-0.05, 0) is 36.4 Å². The SMILES string of the molecule is O=C(NCc1ccc(COCC(F)(F)F)cc1)[C@@]12CCCC[C@H]1CNC2. The van der Waals surface area contributed by atoms with Gasteiger partial charge >= 0.3 is 6.18 Å². The van der Waals surface area contributed by atoms with Gasteiger partial charge in [0.05, 0.1) is 12.0 Å². The van der Waals surface area contributed by atoms with E-state index in [2.05, 4.69) is 15.4 Å². The maximum atomic E-state index is 12.8. The molecular formula is C19H25F3N2O2. The van der Waals surface area contributed by atoms with Crippen LogP contribution in [0.25, 0.3) is 0 Å². The Balaban J connectivity index is 1.49. The molecule has 1 heterocycles. The van der Waals surface area contributed by atoms with Gasteiger partial charge in [-0.1, -0.05) is 37.1 Å². The molecule has 2 atom stereocenters. The van der Waals surface area contributed by atoms with Crippen LogP contribution in [0, 0.1) is 11.3 Å². The van der Waals surface area contributed by atoms with Crippen LogP contribution in [-0.4, -0.2) is 31.8 Å². The van der Waals surface area contributed by atoms with Gasteiger partial charge in [-0.3, -0.25) is 4.79 Å². The largest absolute Gasteiger partial charge is 0.411 e. The number of nitrogens with one attached hydrogen (secondary N) is 2. The molecule has 1 amide bonds. The lowest BCUT2D eigenvalue weighted by Gasteiger charge is -2.37. The molecule has 2 fully saturated rings. The summed E-state index contributed by atoms with van der Waals surface area (Å²) in [6.07, 6.45) is 0.0200. The predicted octanol–water partition coefficient (Wildman–Crippen LogP) is 3.16. The summed E-state index contributed by atoms with van der Waals surface area (Å²) in [5.74, 6) is 0.536. The summed E-state index contributed by atoms with van der Waals surface area (Å²) in [4.78, 5) is 12.8. The molecule has 2 aliphatic rings. The van der Waals surface area contributed by atoms with E-state index >= 15 is 0 Å². The Hall–Kier alpha value is -1.60. The number of alkyl halides is 3. The monoisotopic (exact) mass is 370 g/mol. The van der Waals surface area contributed by atoms with Crippen LogP contribution in [0.4, 0.5) is 13.2 Å². The van der Waals surface area contributed by atoms with E-state index in [-0.39, 0.29) is 17.9 Å². The van der Waals surface area contributed by atoms with Crippen molar-refractivity contribution in [1.82, 2.24) is 10.6 Å². The normalized spacial score (nSPS) is 25.7. The van der Waals surface area contributed by atoms with Gasteiger partial charge in [-0.15, -0.1) is 0 Å². The van der Waals surface area contributed by atoms with Gasteiger partial charge in [0.25, 0.3) is 0 Å². The van der Waals surface area contributed by atoms with Gasteiger partial charge < -0.3 is 15.4 Å². The van der Waals surface area contributed by atoms with E-state index in [9.17, 15) is 18.0 Å². The van der Waals surface area contributed by atoms with Crippen LogP contribution >= 0.6 is 0 Å². The Morgan fingerprint density at radius 2 is 1.96 bits per heavy atom. The third-order valence-corrected chi connectivity index (χ3v) is 5.50. The molecular weight excluding hydrogens is 345 g/mol. The molecule has 144 valence electrons. The highest BCUT2D eigenvalue weighted by Crippen LogP contribution is 2.43. The molecule has 7 heteroatoms. The molecule has 1 saturated carbocycles. The summed E-state index contributed by atoms with van der Waals surface area (Å²) < 4.78 is 40.9. The molecule has 0 aromatic heterocycles. The van der Waals surface area contributed by atoms with Crippen LogP contribution in [0.3, 0.4) is 0 Å².